The van der Waals surface area contributed by atoms with Crippen molar-refractivity contribution in [2.24, 2.45) is 5.41 Å². The molecule has 1 rings (SSSR count). The highest BCUT2D eigenvalue weighted by Crippen LogP contribution is 2.47. The van der Waals surface area contributed by atoms with Gasteiger partial charge in [-0.2, -0.15) is 0 Å². The van der Waals surface area contributed by atoms with Crippen LogP contribution in [0.5, 0.6) is 0 Å². The van der Waals surface area contributed by atoms with Crippen LogP contribution in [0.25, 0.3) is 0 Å². The Labute approximate surface area is 94.5 Å². The third-order valence-corrected chi connectivity index (χ3v) is 3.56. The molecule has 0 aliphatic heterocycles. The van der Waals surface area contributed by atoms with E-state index in [1.54, 1.807) is 0 Å². The molecule has 2 heteroatoms. The van der Waals surface area contributed by atoms with Crippen LogP contribution >= 0.6 is 0 Å². The predicted octanol–water partition coefficient (Wildman–Crippen LogP) is 2.71. The topological polar surface area (TPSA) is 32.3 Å². The summed E-state index contributed by atoms with van der Waals surface area (Å²) in [5, 5.41) is 12.5. The fraction of sp³-hybridized carbons (Fsp3) is 1.00. The lowest BCUT2D eigenvalue weighted by molar-refractivity contribution is 0.245. The maximum absolute atomic E-state index is 8.91. The maximum Gasteiger partial charge on any atom is 0.0436 e. The lowest BCUT2D eigenvalue weighted by atomic mass is 10.0. The molecule has 0 aromatic rings. The SMILES string of the molecule is CCCCCCCNCC1(CCO)CC1. The normalized spacial score (nSPS) is 18.0. The Morgan fingerprint density at radius 1 is 1.13 bits per heavy atom. The first kappa shape index (κ1) is 13.0. The molecule has 0 spiro atoms. The van der Waals surface area contributed by atoms with Gasteiger partial charge < -0.3 is 10.4 Å². The molecular weight excluding hydrogens is 186 g/mol. The van der Waals surface area contributed by atoms with Crippen molar-refractivity contribution >= 4 is 0 Å². The van der Waals surface area contributed by atoms with Gasteiger partial charge in [-0.1, -0.05) is 32.6 Å². The quantitative estimate of drug-likeness (QED) is 0.547. The summed E-state index contributed by atoms with van der Waals surface area (Å²) in [6.45, 7) is 4.90. The maximum atomic E-state index is 8.91. The third kappa shape index (κ3) is 5.53. The van der Waals surface area contributed by atoms with Crippen LogP contribution in [0.2, 0.25) is 0 Å². The van der Waals surface area contributed by atoms with Gasteiger partial charge in [-0.05, 0) is 37.6 Å². The molecule has 0 amide bonds. The van der Waals surface area contributed by atoms with Gasteiger partial charge in [0.1, 0.15) is 0 Å². The van der Waals surface area contributed by atoms with Gasteiger partial charge in [0.15, 0.2) is 0 Å². The van der Waals surface area contributed by atoms with E-state index in [1.807, 2.05) is 0 Å². The molecule has 1 fully saturated rings. The van der Waals surface area contributed by atoms with Crippen LogP contribution < -0.4 is 5.32 Å². The number of hydrogen-bond donors (Lipinski definition) is 2. The smallest absolute Gasteiger partial charge is 0.0436 e. The molecule has 1 aliphatic carbocycles. The monoisotopic (exact) mass is 213 g/mol. The number of aliphatic hydroxyl groups excluding tert-OH is 1. The second-order valence-electron chi connectivity index (χ2n) is 5.06. The van der Waals surface area contributed by atoms with Crippen LogP contribution in [-0.4, -0.2) is 24.8 Å². The highest BCUT2D eigenvalue weighted by Gasteiger charge is 2.40. The van der Waals surface area contributed by atoms with E-state index < -0.39 is 0 Å². The standard InChI is InChI=1S/C13H27NO/c1-2-3-4-5-6-10-14-12-13(7-8-13)9-11-15/h14-15H,2-12H2,1H3. The molecule has 0 saturated heterocycles. The molecule has 1 saturated carbocycles. The lowest BCUT2D eigenvalue weighted by Gasteiger charge is -2.14. The molecule has 0 heterocycles. The van der Waals surface area contributed by atoms with Gasteiger partial charge in [-0.25, -0.2) is 0 Å². The molecule has 0 aromatic carbocycles. The molecule has 1 aliphatic rings. The first-order valence-corrected chi connectivity index (χ1v) is 6.64. The highest BCUT2D eigenvalue weighted by molar-refractivity contribution is 4.94. The number of unbranched alkanes of at least 4 members (excludes halogenated alkanes) is 4. The van der Waals surface area contributed by atoms with Gasteiger partial charge in [0.25, 0.3) is 0 Å². The van der Waals surface area contributed by atoms with E-state index in [0.29, 0.717) is 12.0 Å². The Morgan fingerprint density at radius 3 is 2.47 bits per heavy atom. The molecule has 2 N–H and O–H groups in total. The largest absolute Gasteiger partial charge is 0.396 e. The first-order valence-electron chi connectivity index (χ1n) is 6.64. The Hall–Kier alpha value is -0.0800. The van der Waals surface area contributed by atoms with Gasteiger partial charge in [0, 0.05) is 13.2 Å². The number of rotatable bonds is 10. The van der Waals surface area contributed by atoms with Gasteiger partial charge >= 0.3 is 0 Å². The van der Waals surface area contributed by atoms with Gasteiger partial charge in [-0.15, -0.1) is 0 Å². The third-order valence-electron chi connectivity index (χ3n) is 3.56. The van der Waals surface area contributed by atoms with Gasteiger partial charge in [0.2, 0.25) is 0 Å². The van der Waals surface area contributed by atoms with Crippen molar-refractivity contribution < 1.29 is 5.11 Å². The highest BCUT2D eigenvalue weighted by atomic mass is 16.3. The summed E-state index contributed by atoms with van der Waals surface area (Å²) >= 11 is 0. The zero-order valence-corrected chi connectivity index (χ0v) is 10.2. The molecule has 0 unspecified atom stereocenters. The van der Waals surface area contributed by atoms with Crippen molar-refractivity contribution in [1.29, 1.82) is 0 Å². The van der Waals surface area contributed by atoms with Gasteiger partial charge in [-0.3, -0.25) is 0 Å². The molecule has 0 aromatic heterocycles. The summed E-state index contributed by atoms with van der Waals surface area (Å²) < 4.78 is 0. The average Bonchev–Trinajstić information content (AvgIpc) is 2.98. The van der Waals surface area contributed by atoms with Crippen molar-refractivity contribution in [1.82, 2.24) is 5.32 Å². The van der Waals surface area contributed by atoms with Crippen molar-refractivity contribution in [2.45, 2.75) is 58.3 Å². The van der Waals surface area contributed by atoms with E-state index in [0.717, 1.165) is 19.5 Å². The fourth-order valence-corrected chi connectivity index (χ4v) is 2.14. The van der Waals surface area contributed by atoms with Crippen molar-refractivity contribution in [3.63, 3.8) is 0 Å². The summed E-state index contributed by atoms with van der Waals surface area (Å²) in [6, 6.07) is 0. The molecular formula is C13H27NO. The minimum atomic E-state index is 0.359. The van der Waals surface area contributed by atoms with E-state index in [1.165, 1.54) is 44.9 Å². The van der Waals surface area contributed by atoms with Crippen LogP contribution in [0.1, 0.15) is 58.3 Å². The van der Waals surface area contributed by atoms with Crippen molar-refractivity contribution in [3.8, 4) is 0 Å². The second-order valence-corrected chi connectivity index (χ2v) is 5.06. The second kappa shape index (κ2) is 7.24. The van der Waals surface area contributed by atoms with Crippen molar-refractivity contribution in [3.05, 3.63) is 0 Å². The van der Waals surface area contributed by atoms with Crippen LogP contribution in [0.3, 0.4) is 0 Å². The number of hydrogen-bond acceptors (Lipinski definition) is 2. The molecule has 90 valence electrons. The predicted molar refractivity (Wildman–Crippen MR) is 65.0 cm³/mol. The Kier molecular flexibility index (Phi) is 6.26. The zero-order chi connectivity index (χ0) is 11.0. The Bertz CT molecular complexity index is 155. The number of aliphatic hydroxyl groups is 1. The molecule has 0 atom stereocenters. The lowest BCUT2D eigenvalue weighted by Crippen LogP contribution is -2.25. The fourth-order valence-electron chi connectivity index (χ4n) is 2.14. The van der Waals surface area contributed by atoms with E-state index in [9.17, 15) is 0 Å². The average molecular weight is 213 g/mol. The molecule has 0 bridgehead atoms. The van der Waals surface area contributed by atoms with Crippen LogP contribution in [0.15, 0.2) is 0 Å². The summed E-state index contributed by atoms with van der Waals surface area (Å²) in [6.07, 6.45) is 10.4. The molecule has 0 radical (unpaired) electrons. The Balaban J connectivity index is 1.84. The number of nitrogens with one attached hydrogen (secondary N) is 1. The minimum Gasteiger partial charge on any atom is -0.396 e. The van der Waals surface area contributed by atoms with E-state index in [4.69, 9.17) is 5.11 Å². The summed E-state index contributed by atoms with van der Waals surface area (Å²) in [5.41, 5.74) is 0.484. The van der Waals surface area contributed by atoms with Crippen molar-refractivity contribution in [2.75, 3.05) is 19.7 Å². The molecule has 2 nitrogen and oxygen atoms in total. The van der Waals surface area contributed by atoms with Gasteiger partial charge in [0.05, 0.1) is 0 Å². The van der Waals surface area contributed by atoms with Crippen LogP contribution in [-0.2, 0) is 0 Å². The molecule has 15 heavy (non-hydrogen) atoms. The van der Waals surface area contributed by atoms with E-state index >= 15 is 0 Å². The summed E-state index contributed by atoms with van der Waals surface area (Å²) in [4.78, 5) is 0. The zero-order valence-electron chi connectivity index (χ0n) is 10.2. The summed E-state index contributed by atoms with van der Waals surface area (Å²) in [5.74, 6) is 0. The summed E-state index contributed by atoms with van der Waals surface area (Å²) in [7, 11) is 0. The first-order chi connectivity index (χ1) is 7.33. The minimum absolute atomic E-state index is 0.359. The Morgan fingerprint density at radius 2 is 1.87 bits per heavy atom. The van der Waals surface area contributed by atoms with Crippen LogP contribution in [0, 0.1) is 5.41 Å². The van der Waals surface area contributed by atoms with E-state index in [-0.39, 0.29) is 0 Å². The van der Waals surface area contributed by atoms with Crippen LogP contribution in [0.4, 0.5) is 0 Å². The van der Waals surface area contributed by atoms with E-state index in [2.05, 4.69) is 12.2 Å².